The molecule has 2 heterocycles. The van der Waals surface area contributed by atoms with Gasteiger partial charge in [0, 0.05) is 20.2 Å². The van der Waals surface area contributed by atoms with Gasteiger partial charge in [-0.05, 0) is 30.2 Å². The second-order valence-electron chi connectivity index (χ2n) is 7.26. The van der Waals surface area contributed by atoms with Crippen molar-refractivity contribution in [1.29, 1.82) is 5.26 Å². The minimum atomic E-state index is -0.515. The Hall–Kier alpha value is -4.16. The van der Waals surface area contributed by atoms with Gasteiger partial charge in [-0.2, -0.15) is 10.2 Å². The predicted octanol–water partition coefficient (Wildman–Crippen LogP) is 1.99. The molecule has 0 saturated carbocycles. The lowest BCUT2D eigenvalue weighted by molar-refractivity contribution is 0.277. The molecular weight excluding hydrogens is 410 g/mol. The molecule has 162 valence electrons. The van der Waals surface area contributed by atoms with Gasteiger partial charge in [-0.3, -0.25) is 18.5 Å². The monoisotopic (exact) mass is 431 g/mol. The quantitative estimate of drug-likeness (QED) is 0.479. The molecule has 0 unspecified atom stereocenters. The van der Waals surface area contributed by atoms with Crippen LogP contribution in [-0.2, 0) is 20.1 Å². The number of ether oxygens (including phenoxy) is 1. The fourth-order valence-electron chi connectivity index (χ4n) is 3.50. The van der Waals surface area contributed by atoms with Crippen molar-refractivity contribution in [3.05, 3.63) is 86.6 Å². The predicted molar refractivity (Wildman–Crippen MR) is 118 cm³/mol. The summed E-state index contributed by atoms with van der Waals surface area (Å²) < 4.78 is 10.0. The summed E-state index contributed by atoms with van der Waals surface area (Å²) in [6.07, 6.45) is 0.276. The molecule has 1 N–H and O–H groups in total. The van der Waals surface area contributed by atoms with Crippen molar-refractivity contribution in [3.63, 3.8) is 0 Å². The molecule has 0 aliphatic rings. The van der Waals surface area contributed by atoms with Gasteiger partial charge < -0.3 is 9.84 Å². The number of aliphatic hydroxyl groups is 1. The number of imidazole rings is 1. The van der Waals surface area contributed by atoms with E-state index in [1.807, 2.05) is 30.3 Å². The molecular formula is C23H21N5O4. The van der Waals surface area contributed by atoms with Gasteiger partial charge in [-0.15, -0.1) is 0 Å². The maximum Gasteiger partial charge on any atom is 0.332 e. The van der Waals surface area contributed by atoms with Gasteiger partial charge in [0.15, 0.2) is 11.2 Å². The third-order valence-corrected chi connectivity index (χ3v) is 5.09. The summed E-state index contributed by atoms with van der Waals surface area (Å²) in [6.45, 7) is 0.243. The zero-order chi connectivity index (χ0) is 22.7. The summed E-state index contributed by atoms with van der Waals surface area (Å²) in [6, 6.07) is 18.3. The van der Waals surface area contributed by atoms with Crippen LogP contribution in [-0.4, -0.2) is 30.4 Å². The summed E-state index contributed by atoms with van der Waals surface area (Å²) in [7, 11) is 1.54. The highest BCUT2D eigenvalue weighted by molar-refractivity contribution is 5.72. The van der Waals surface area contributed by atoms with E-state index in [4.69, 9.17) is 9.84 Å². The van der Waals surface area contributed by atoms with Crippen molar-refractivity contribution in [1.82, 2.24) is 18.7 Å². The molecule has 9 nitrogen and oxygen atoms in total. The Labute approximate surface area is 183 Å². The topological polar surface area (TPSA) is 115 Å². The highest BCUT2D eigenvalue weighted by Gasteiger charge is 2.22. The molecule has 0 atom stereocenters. The van der Waals surface area contributed by atoms with Crippen LogP contribution in [0.15, 0.2) is 64.2 Å². The zero-order valence-electron chi connectivity index (χ0n) is 17.4. The number of benzene rings is 2. The van der Waals surface area contributed by atoms with Crippen LogP contribution in [0.4, 0.5) is 0 Å². The molecule has 4 aromatic rings. The third-order valence-electron chi connectivity index (χ3n) is 5.09. The fraction of sp³-hybridized carbons (Fsp3) is 0.217. The maximum atomic E-state index is 13.3. The molecule has 0 amide bonds. The van der Waals surface area contributed by atoms with E-state index in [9.17, 15) is 14.9 Å². The van der Waals surface area contributed by atoms with Crippen LogP contribution in [0, 0.1) is 11.3 Å². The lowest BCUT2D eigenvalue weighted by Gasteiger charge is -2.11. The first kappa shape index (κ1) is 21.1. The van der Waals surface area contributed by atoms with Crippen molar-refractivity contribution in [3.8, 4) is 17.8 Å². The fourth-order valence-corrected chi connectivity index (χ4v) is 3.50. The molecule has 2 aromatic carbocycles. The van der Waals surface area contributed by atoms with E-state index >= 15 is 0 Å². The molecule has 9 heteroatoms. The van der Waals surface area contributed by atoms with Crippen LogP contribution in [0.1, 0.15) is 17.5 Å². The van der Waals surface area contributed by atoms with Crippen LogP contribution in [0.25, 0.3) is 11.2 Å². The lowest BCUT2D eigenvalue weighted by atomic mass is 10.2. The van der Waals surface area contributed by atoms with E-state index in [0.29, 0.717) is 11.3 Å². The second-order valence-corrected chi connectivity index (χ2v) is 7.26. The van der Waals surface area contributed by atoms with E-state index in [2.05, 4.69) is 11.1 Å². The number of aliphatic hydroxyl groups excluding tert-OH is 1. The number of rotatable bonds is 7. The van der Waals surface area contributed by atoms with Gasteiger partial charge in [0.1, 0.15) is 5.75 Å². The van der Waals surface area contributed by atoms with Crippen molar-refractivity contribution in [2.45, 2.75) is 19.5 Å². The molecule has 0 radical (unpaired) electrons. The Bertz CT molecular complexity index is 1430. The Kier molecular flexibility index (Phi) is 5.87. The van der Waals surface area contributed by atoms with Crippen LogP contribution < -0.4 is 16.0 Å². The molecule has 0 aliphatic carbocycles. The van der Waals surface area contributed by atoms with Crippen molar-refractivity contribution in [2.75, 3.05) is 6.61 Å². The average Bonchev–Trinajstić information content (AvgIpc) is 3.16. The lowest BCUT2D eigenvalue weighted by Crippen LogP contribution is -2.39. The summed E-state index contributed by atoms with van der Waals surface area (Å²) in [4.78, 5) is 30.5. The van der Waals surface area contributed by atoms with Crippen LogP contribution >= 0.6 is 0 Å². The third kappa shape index (κ3) is 3.91. The molecule has 0 bridgehead atoms. The second kappa shape index (κ2) is 8.91. The molecule has 0 fully saturated rings. The zero-order valence-corrected chi connectivity index (χ0v) is 17.4. The average molecular weight is 431 g/mol. The summed E-state index contributed by atoms with van der Waals surface area (Å²) in [5.74, 6) is 0.388. The Morgan fingerprint density at radius 1 is 1.09 bits per heavy atom. The Balaban J connectivity index is 1.94. The van der Waals surface area contributed by atoms with Crippen LogP contribution in [0.5, 0.6) is 11.8 Å². The highest BCUT2D eigenvalue weighted by Crippen LogP contribution is 2.25. The van der Waals surface area contributed by atoms with Gasteiger partial charge in [0.2, 0.25) is 0 Å². The standard InChI is InChI=1S/C23H21N5O4/c1-26-20-19(21(30)27(23(26)31)11-6-12-29)28(15-16-7-3-2-4-8-16)22(25-20)32-18-10-5-9-17(13-18)14-24/h2-5,7-10,13,29H,6,11-12,15H2,1H3. The number of nitrogens with zero attached hydrogens (tertiary/aromatic N) is 5. The van der Waals surface area contributed by atoms with Gasteiger partial charge in [-0.25, -0.2) is 4.79 Å². The molecule has 2 aromatic heterocycles. The highest BCUT2D eigenvalue weighted by atomic mass is 16.5. The number of aryl methyl sites for hydroxylation is 1. The minimum Gasteiger partial charge on any atom is -0.425 e. The normalized spacial score (nSPS) is 10.9. The van der Waals surface area contributed by atoms with Crippen LogP contribution in [0.3, 0.4) is 0 Å². The first-order valence-corrected chi connectivity index (χ1v) is 10.1. The molecule has 0 saturated heterocycles. The van der Waals surface area contributed by atoms with Crippen molar-refractivity contribution >= 4 is 11.2 Å². The number of hydrogen-bond donors (Lipinski definition) is 1. The molecule has 0 aliphatic heterocycles. The number of hydrogen-bond acceptors (Lipinski definition) is 6. The largest absolute Gasteiger partial charge is 0.425 e. The van der Waals surface area contributed by atoms with Gasteiger partial charge >= 0.3 is 11.7 Å². The van der Waals surface area contributed by atoms with Crippen molar-refractivity contribution in [2.24, 2.45) is 7.05 Å². The van der Waals surface area contributed by atoms with E-state index < -0.39 is 11.2 Å². The van der Waals surface area contributed by atoms with E-state index in [-0.39, 0.29) is 43.3 Å². The Morgan fingerprint density at radius 3 is 2.59 bits per heavy atom. The number of aromatic nitrogens is 4. The molecule has 4 rings (SSSR count). The van der Waals surface area contributed by atoms with Gasteiger partial charge in [0.05, 0.1) is 18.2 Å². The maximum absolute atomic E-state index is 13.3. The van der Waals surface area contributed by atoms with E-state index in [1.165, 1.54) is 4.57 Å². The van der Waals surface area contributed by atoms with Crippen LogP contribution in [0.2, 0.25) is 0 Å². The smallest absolute Gasteiger partial charge is 0.332 e. The molecule has 0 spiro atoms. The number of fused-ring (bicyclic) bond motifs is 1. The van der Waals surface area contributed by atoms with Crippen molar-refractivity contribution < 1.29 is 9.84 Å². The first-order valence-electron chi connectivity index (χ1n) is 10.1. The SMILES string of the molecule is Cn1c(=O)n(CCCO)c(=O)c2c1nc(Oc1cccc(C#N)c1)n2Cc1ccccc1. The molecule has 32 heavy (non-hydrogen) atoms. The van der Waals surface area contributed by atoms with Gasteiger partial charge in [-0.1, -0.05) is 36.4 Å². The Morgan fingerprint density at radius 2 is 1.88 bits per heavy atom. The van der Waals surface area contributed by atoms with E-state index in [1.54, 1.807) is 35.9 Å². The number of nitriles is 1. The minimum absolute atomic E-state index is 0.0921. The summed E-state index contributed by atoms with van der Waals surface area (Å²) in [5.41, 5.74) is 0.742. The summed E-state index contributed by atoms with van der Waals surface area (Å²) >= 11 is 0. The van der Waals surface area contributed by atoms with E-state index in [0.717, 1.165) is 10.1 Å². The van der Waals surface area contributed by atoms with Gasteiger partial charge in [0.25, 0.3) is 5.56 Å². The summed E-state index contributed by atoms with van der Waals surface area (Å²) in [5, 5.41) is 18.3. The first-order chi connectivity index (χ1) is 15.5.